The molecule has 25 heavy (non-hydrogen) atoms. The summed E-state index contributed by atoms with van der Waals surface area (Å²) >= 11 is 0. The molecule has 1 fully saturated rings. The maximum absolute atomic E-state index is 12.5. The molecule has 0 spiro atoms. The number of likely N-dealkylation sites (tertiary alicyclic amines) is 1. The van der Waals surface area contributed by atoms with Gasteiger partial charge >= 0.3 is 6.09 Å². The summed E-state index contributed by atoms with van der Waals surface area (Å²) in [7, 11) is 0. The lowest BCUT2D eigenvalue weighted by Gasteiger charge is -2.33. The average Bonchev–Trinajstić information content (AvgIpc) is 2.97. The van der Waals surface area contributed by atoms with Crippen molar-refractivity contribution in [2.75, 3.05) is 6.54 Å². The van der Waals surface area contributed by atoms with Crippen LogP contribution in [0.5, 0.6) is 0 Å². The predicted molar refractivity (Wildman–Crippen MR) is 97.3 cm³/mol. The first kappa shape index (κ1) is 19.7. The highest BCUT2D eigenvalue weighted by Gasteiger charge is 2.43. The summed E-state index contributed by atoms with van der Waals surface area (Å²) in [5.74, 6) is 0. The van der Waals surface area contributed by atoms with Crippen molar-refractivity contribution in [3.8, 4) is 0 Å². The highest BCUT2D eigenvalue weighted by atomic mass is 16.6. The maximum atomic E-state index is 12.5. The van der Waals surface area contributed by atoms with Gasteiger partial charge in [0, 0.05) is 6.54 Å². The van der Waals surface area contributed by atoms with Crippen LogP contribution in [0.4, 0.5) is 4.79 Å². The van der Waals surface area contributed by atoms with Gasteiger partial charge in [0.05, 0.1) is 24.9 Å². The van der Waals surface area contributed by atoms with E-state index in [1.807, 2.05) is 58.0 Å². The molecule has 140 valence electrons. The van der Waals surface area contributed by atoms with E-state index in [0.29, 0.717) is 26.0 Å². The van der Waals surface area contributed by atoms with Crippen molar-refractivity contribution in [1.29, 1.82) is 0 Å². The van der Waals surface area contributed by atoms with Gasteiger partial charge in [-0.3, -0.25) is 4.90 Å². The summed E-state index contributed by atoms with van der Waals surface area (Å²) < 4.78 is 11.6. The second-order valence-electron chi connectivity index (χ2n) is 7.64. The van der Waals surface area contributed by atoms with Crippen LogP contribution in [0.25, 0.3) is 0 Å². The van der Waals surface area contributed by atoms with Gasteiger partial charge in [0.2, 0.25) is 0 Å². The Hall–Kier alpha value is -1.59. The first-order valence-corrected chi connectivity index (χ1v) is 9.15. The topological polar surface area (TPSA) is 59.0 Å². The molecule has 1 aliphatic rings. The molecular weight excluding hydrogens is 318 g/mol. The first-order chi connectivity index (χ1) is 11.8. The normalized spacial score (nSPS) is 22.0. The van der Waals surface area contributed by atoms with Crippen LogP contribution >= 0.6 is 0 Å². The molecule has 0 saturated carbocycles. The molecule has 1 amide bonds. The van der Waals surface area contributed by atoms with Crippen LogP contribution in [0, 0.1) is 0 Å². The summed E-state index contributed by atoms with van der Waals surface area (Å²) in [4.78, 5) is 14.2. The zero-order valence-electron chi connectivity index (χ0n) is 15.8. The Morgan fingerprint density at radius 1 is 1.32 bits per heavy atom. The molecule has 1 unspecified atom stereocenters. The van der Waals surface area contributed by atoms with E-state index in [2.05, 4.69) is 0 Å². The zero-order chi connectivity index (χ0) is 18.4. The van der Waals surface area contributed by atoms with E-state index in [0.717, 1.165) is 12.0 Å². The molecule has 5 nitrogen and oxygen atoms in total. The number of rotatable bonds is 6. The van der Waals surface area contributed by atoms with Crippen LogP contribution in [-0.4, -0.2) is 46.5 Å². The van der Waals surface area contributed by atoms with Crippen molar-refractivity contribution in [2.24, 2.45) is 0 Å². The Bertz CT molecular complexity index is 540. The monoisotopic (exact) mass is 349 g/mol. The van der Waals surface area contributed by atoms with Gasteiger partial charge in [-0.1, -0.05) is 43.7 Å². The summed E-state index contributed by atoms with van der Waals surface area (Å²) in [6, 6.07) is 9.58. The molecule has 3 atom stereocenters. The molecular formula is C20H31NO4. The third-order valence-corrected chi connectivity index (χ3v) is 4.31. The number of carbonyl (C=O) groups excluding carboxylic acids is 1. The molecule has 1 N–H and O–H groups in total. The number of carbonyl (C=O) groups is 1. The second kappa shape index (κ2) is 8.68. The highest BCUT2D eigenvalue weighted by Crippen LogP contribution is 2.28. The van der Waals surface area contributed by atoms with E-state index in [-0.39, 0.29) is 18.2 Å². The van der Waals surface area contributed by atoms with E-state index in [9.17, 15) is 9.90 Å². The summed E-state index contributed by atoms with van der Waals surface area (Å²) in [6.07, 6.45) is 1.02. The molecule has 1 aromatic rings. The first-order valence-electron chi connectivity index (χ1n) is 9.15. The molecule has 1 saturated heterocycles. The molecule has 1 aromatic carbocycles. The molecule has 0 radical (unpaired) electrons. The van der Waals surface area contributed by atoms with Gasteiger partial charge in [0.25, 0.3) is 0 Å². The fourth-order valence-electron chi connectivity index (χ4n) is 3.20. The smallest absolute Gasteiger partial charge is 0.410 e. The van der Waals surface area contributed by atoms with Gasteiger partial charge in [0.1, 0.15) is 5.60 Å². The third-order valence-electron chi connectivity index (χ3n) is 4.31. The number of hydrogen-bond donors (Lipinski definition) is 1. The lowest BCUT2D eigenvalue weighted by molar-refractivity contribution is -0.0432. The fourth-order valence-corrected chi connectivity index (χ4v) is 3.20. The van der Waals surface area contributed by atoms with Gasteiger partial charge in [0.15, 0.2) is 0 Å². The van der Waals surface area contributed by atoms with Crippen molar-refractivity contribution < 1.29 is 19.4 Å². The van der Waals surface area contributed by atoms with Crippen LogP contribution in [0.2, 0.25) is 0 Å². The SMILES string of the molecule is CCCC(O)[C@@H]1[C@@H](OCc2ccccc2)CCN1C(=O)OC(C)(C)C. The van der Waals surface area contributed by atoms with Crippen LogP contribution in [-0.2, 0) is 16.1 Å². The Morgan fingerprint density at radius 3 is 2.60 bits per heavy atom. The number of amides is 1. The zero-order valence-corrected chi connectivity index (χ0v) is 15.8. The summed E-state index contributed by atoms with van der Waals surface area (Å²) in [5, 5.41) is 10.6. The number of ether oxygens (including phenoxy) is 2. The van der Waals surface area contributed by atoms with Crippen LogP contribution in [0.1, 0.15) is 52.5 Å². The van der Waals surface area contributed by atoms with Gasteiger partial charge in [-0.15, -0.1) is 0 Å². The second-order valence-corrected chi connectivity index (χ2v) is 7.64. The lowest BCUT2D eigenvalue weighted by atomic mass is 10.0. The Balaban J connectivity index is 2.06. The minimum Gasteiger partial charge on any atom is -0.444 e. The highest BCUT2D eigenvalue weighted by molar-refractivity contribution is 5.69. The van der Waals surface area contributed by atoms with E-state index in [1.165, 1.54) is 0 Å². The van der Waals surface area contributed by atoms with Crippen molar-refractivity contribution in [1.82, 2.24) is 4.90 Å². The molecule has 0 bridgehead atoms. The van der Waals surface area contributed by atoms with Crippen LogP contribution in [0.3, 0.4) is 0 Å². The average molecular weight is 349 g/mol. The van der Waals surface area contributed by atoms with Crippen LogP contribution in [0.15, 0.2) is 30.3 Å². The van der Waals surface area contributed by atoms with Crippen LogP contribution < -0.4 is 0 Å². The number of benzene rings is 1. The predicted octanol–water partition coefficient (Wildman–Crippen LogP) is 3.74. The molecule has 0 aliphatic carbocycles. The standard InChI is InChI=1S/C20H31NO4/c1-5-9-16(22)18-17(24-14-15-10-7-6-8-11-15)12-13-21(18)19(23)25-20(2,3)4/h6-8,10-11,16-18,22H,5,9,12-14H2,1-4H3/t16?,17-,18+/m0/s1. The third kappa shape index (κ3) is 5.72. The van der Waals surface area contributed by atoms with E-state index in [1.54, 1.807) is 4.90 Å². The molecule has 0 aromatic heterocycles. The number of aliphatic hydroxyl groups is 1. The largest absolute Gasteiger partial charge is 0.444 e. The van der Waals surface area contributed by atoms with Gasteiger partial charge in [-0.05, 0) is 39.2 Å². The fraction of sp³-hybridized carbons (Fsp3) is 0.650. The van der Waals surface area contributed by atoms with Crippen molar-refractivity contribution in [3.63, 3.8) is 0 Å². The molecule has 1 heterocycles. The number of nitrogens with zero attached hydrogens (tertiary/aromatic N) is 1. The number of hydrogen-bond acceptors (Lipinski definition) is 4. The summed E-state index contributed by atoms with van der Waals surface area (Å²) in [6.45, 7) is 8.59. The number of aliphatic hydroxyl groups excluding tert-OH is 1. The quantitative estimate of drug-likeness (QED) is 0.850. The van der Waals surface area contributed by atoms with Gasteiger partial charge < -0.3 is 14.6 Å². The maximum Gasteiger partial charge on any atom is 0.410 e. The van der Waals surface area contributed by atoms with Gasteiger partial charge in [-0.2, -0.15) is 0 Å². The van der Waals surface area contributed by atoms with Crippen molar-refractivity contribution in [3.05, 3.63) is 35.9 Å². The van der Waals surface area contributed by atoms with Crippen molar-refractivity contribution >= 4 is 6.09 Å². The van der Waals surface area contributed by atoms with Crippen molar-refractivity contribution in [2.45, 2.75) is 77.4 Å². The Kier molecular flexibility index (Phi) is 6.85. The minimum absolute atomic E-state index is 0.186. The molecule has 2 rings (SSSR count). The lowest BCUT2D eigenvalue weighted by Crippen LogP contribution is -2.49. The van der Waals surface area contributed by atoms with E-state index >= 15 is 0 Å². The molecule has 5 heteroatoms. The van der Waals surface area contributed by atoms with Gasteiger partial charge in [-0.25, -0.2) is 4.79 Å². The minimum atomic E-state index is -0.610. The molecule has 1 aliphatic heterocycles. The summed E-state index contributed by atoms with van der Waals surface area (Å²) in [5.41, 5.74) is 0.530. The Labute approximate surface area is 150 Å². The van der Waals surface area contributed by atoms with E-state index in [4.69, 9.17) is 9.47 Å². The van der Waals surface area contributed by atoms with E-state index < -0.39 is 11.7 Å². The Morgan fingerprint density at radius 2 is 2.00 bits per heavy atom.